The van der Waals surface area contributed by atoms with E-state index in [2.05, 4.69) is 63.7 Å². The number of rotatable bonds is 7. The third-order valence-corrected chi connectivity index (χ3v) is 8.93. The second-order valence-electron chi connectivity index (χ2n) is 11.4. The molecule has 1 saturated carbocycles. The average Bonchev–Trinajstić information content (AvgIpc) is 3.67. The minimum absolute atomic E-state index is 0.0500. The first-order chi connectivity index (χ1) is 19.2. The zero-order valence-electron chi connectivity index (χ0n) is 23.3. The largest absolute Gasteiger partial charge is 0.368 e. The van der Waals surface area contributed by atoms with Crippen molar-refractivity contribution in [3.8, 4) is 0 Å². The van der Waals surface area contributed by atoms with Gasteiger partial charge in [-0.15, -0.1) is 0 Å². The first kappa shape index (κ1) is 25.9. The van der Waals surface area contributed by atoms with Crippen LogP contribution in [0.4, 0.5) is 0 Å². The molecule has 2 aliphatic carbocycles. The third-order valence-electron chi connectivity index (χ3n) is 8.93. The lowest BCUT2D eigenvalue weighted by atomic mass is 9.64. The van der Waals surface area contributed by atoms with Crippen LogP contribution in [0.25, 0.3) is 22.3 Å². The average molecular weight is 535 g/mol. The van der Waals surface area contributed by atoms with Crippen LogP contribution in [0.15, 0.2) is 73.3 Å². The maximum Gasteiger partial charge on any atom is 0.242 e. The van der Waals surface area contributed by atoms with Gasteiger partial charge in [0.05, 0.1) is 17.4 Å². The Balaban J connectivity index is 1.43. The molecule has 40 heavy (non-hydrogen) atoms. The monoisotopic (exact) mass is 534 g/mol. The fraction of sp³-hybridized carbons (Fsp3) is 0.344. The fourth-order valence-corrected chi connectivity index (χ4v) is 6.28. The number of pyridine rings is 1. The van der Waals surface area contributed by atoms with Gasteiger partial charge in [0.1, 0.15) is 0 Å². The third kappa shape index (κ3) is 3.85. The lowest BCUT2D eigenvalue weighted by Crippen LogP contribution is -2.54. The summed E-state index contributed by atoms with van der Waals surface area (Å²) >= 11 is 0. The molecule has 4 aromatic rings. The fourth-order valence-electron chi connectivity index (χ4n) is 6.28. The summed E-state index contributed by atoms with van der Waals surface area (Å²) in [4.78, 5) is 41.5. The van der Waals surface area contributed by atoms with E-state index in [-0.39, 0.29) is 23.2 Å². The summed E-state index contributed by atoms with van der Waals surface area (Å²) in [6.45, 7) is 4.12. The van der Waals surface area contributed by atoms with Crippen molar-refractivity contribution in [2.24, 2.45) is 23.0 Å². The Bertz CT molecular complexity index is 1710. The van der Waals surface area contributed by atoms with E-state index in [4.69, 9.17) is 5.73 Å². The SMILES string of the molecule is CCC(C)C1C=C(c2cnc3ncc(C4(c5ccc6ncccc6c5)CC4)n3c2)C=CC1(C(N)=O)C(=O)N(C)C. The van der Waals surface area contributed by atoms with Gasteiger partial charge < -0.3 is 10.6 Å². The number of nitrogens with zero attached hydrogens (tertiary/aromatic N) is 5. The Morgan fingerprint density at radius 3 is 2.62 bits per heavy atom. The predicted molar refractivity (Wildman–Crippen MR) is 155 cm³/mol. The van der Waals surface area contributed by atoms with E-state index in [9.17, 15) is 9.59 Å². The van der Waals surface area contributed by atoms with Crippen molar-refractivity contribution in [1.29, 1.82) is 0 Å². The van der Waals surface area contributed by atoms with Crippen LogP contribution in [0.2, 0.25) is 0 Å². The van der Waals surface area contributed by atoms with E-state index in [1.807, 2.05) is 36.8 Å². The van der Waals surface area contributed by atoms with E-state index >= 15 is 0 Å². The summed E-state index contributed by atoms with van der Waals surface area (Å²) in [5.74, 6) is -0.628. The number of aromatic nitrogens is 4. The highest BCUT2D eigenvalue weighted by Crippen LogP contribution is 2.54. The van der Waals surface area contributed by atoms with Gasteiger partial charge in [-0.05, 0) is 48.1 Å². The van der Waals surface area contributed by atoms with Gasteiger partial charge in [-0.3, -0.25) is 19.0 Å². The number of fused-ring (bicyclic) bond motifs is 2. The van der Waals surface area contributed by atoms with Crippen LogP contribution in [0.5, 0.6) is 0 Å². The number of carbonyl (C=O) groups is 2. The molecule has 2 N–H and O–H groups in total. The molecule has 3 unspecified atom stereocenters. The summed E-state index contributed by atoms with van der Waals surface area (Å²) in [6, 6.07) is 10.6. The van der Waals surface area contributed by atoms with Gasteiger partial charge in [-0.1, -0.05) is 50.6 Å². The molecule has 2 aliphatic rings. The van der Waals surface area contributed by atoms with E-state index in [0.29, 0.717) is 5.78 Å². The molecule has 1 fully saturated rings. The first-order valence-electron chi connectivity index (χ1n) is 13.8. The number of nitrogens with two attached hydrogens (primary N) is 1. The van der Waals surface area contributed by atoms with Crippen molar-refractivity contribution in [3.63, 3.8) is 0 Å². The molecule has 8 nitrogen and oxygen atoms in total. The molecule has 0 radical (unpaired) electrons. The Hall–Kier alpha value is -4.33. The van der Waals surface area contributed by atoms with Crippen molar-refractivity contribution >= 4 is 34.1 Å². The van der Waals surface area contributed by atoms with Gasteiger partial charge in [-0.25, -0.2) is 9.97 Å². The van der Waals surface area contributed by atoms with Gasteiger partial charge >= 0.3 is 0 Å². The number of carbonyl (C=O) groups excluding carboxylic acids is 2. The van der Waals surface area contributed by atoms with E-state index in [1.165, 1.54) is 10.5 Å². The minimum atomic E-state index is -1.43. The molecule has 3 atom stereocenters. The van der Waals surface area contributed by atoms with E-state index in [0.717, 1.165) is 47.0 Å². The predicted octanol–water partition coefficient (Wildman–Crippen LogP) is 4.53. The Morgan fingerprint density at radius 2 is 1.93 bits per heavy atom. The summed E-state index contributed by atoms with van der Waals surface area (Å²) in [5.41, 5.74) is 9.52. The number of benzene rings is 1. The molecule has 2 amide bonds. The molecule has 6 rings (SSSR count). The van der Waals surface area contributed by atoms with Gasteiger partial charge in [0.25, 0.3) is 0 Å². The number of allylic oxidation sites excluding steroid dienone is 3. The molecule has 204 valence electrons. The zero-order chi connectivity index (χ0) is 28.2. The standard InChI is InChI=1S/C32H34N6O2/c1-5-20(2)25-16-21(10-11-32(25,28(33)39)29(40)37(3)4)23-17-35-30-36-18-27(38(30)19-23)31(12-13-31)24-8-9-26-22(15-24)7-6-14-34-26/h6-11,14-20,25H,5,12-13H2,1-4H3,(H2,33,39). The quantitative estimate of drug-likeness (QED) is 0.351. The van der Waals surface area contributed by atoms with Crippen LogP contribution >= 0.6 is 0 Å². The Morgan fingerprint density at radius 1 is 1.15 bits per heavy atom. The second kappa shape index (κ2) is 9.40. The van der Waals surface area contributed by atoms with Crippen molar-refractivity contribution < 1.29 is 9.59 Å². The lowest BCUT2D eigenvalue weighted by Gasteiger charge is -2.40. The highest BCUT2D eigenvalue weighted by atomic mass is 16.2. The van der Waals surface area contributed by atoms with Crippen LogP contribution in [0.3, 0.4) is 0 Å². The van der Waals surface area contributed by atoms with Gasteiger partial charge in [-0.2, -0.15) is 0 Å². The summed E-state index contributed by atoms with van der Waals surface area (Å²) in [5, 5.41) is 1.12. The zero-order valence-corrected chi connectivity index (χ0v) is 23.3. The molecule has 0 saturated heterocycles. The van der Waals surface area contributed by atoms with Crippen molar-refractivity contribution in [1.82, 2.24) is 24.3 Å². The van der Waals surface area contributed by atoms with Crippen molar-refractivity contribution in [2.45, 2.75) is 38.5 Å². The van der Waals surface area contributed by atoms with Gasteiger partial charge in [0, 0.05) is 55.0 Å². The molecular weight excluding hydrogens is 500 g/mol. The number of hydrogen-bond donors (Lipinski definition) is 1. The van der Waals surface area contributed by atoms with E-state index in [1.54, 1.807) is 20.2 Å². The lowest BCUT2D eigenvalue weighted by molar-refractivity contribution is -0.147. The minimum Gasteiger partial charge on any atom is -0.368 e. The molecule has 0 aliphatic heterocycles. The topological polar surface area (TPSA) is 106 Å². The highest BCUT2D eigenvalue weighted by Gasteiger charge is 2.52. The highest BCUT2D eigenvalue weighted by molar-refractivity contribution is 6.08. The molecule has 8 heteroatoms. The molecule has 3 aromatic heterocycles. The van der Waals surface area contributed by atoms with Crippen LogP contribution in [0.1, 0.15) is 49.9 Å². The maximum atomic E-state index is 13.4. The van der Waals surface area contributed by atoms with E-state index < -0.39 is 11.3 Å². The number of amides is 2. The molecule has 0 spiro atoms. The van der Waals surface area contributed by atoms with Gasteiger partial charge in [0.15, 0.2) is 5.41 Å². The number of hydrogen-bond acceptors (Lipinski definition) is 5. The molecule has 0 bridgehead atoms. The summed E-state index contributed by atoms with van der Waals surface area (Å²) < 4.78 is 2.09. The van der Waals surface area contributed by atoms with Crippen LogP contribution in [-0.4, -0.2) is 50.2 Å². The summed E-state index contributed by atoms with van der Waals surface area (Å²) in [6.07, 6.45) is 16.1. The molecule has 1 aromatic carbocycles. The molecule has 3 heterocycles. The van der Waals surface area contributed by atoms with Crippen LogP contribution < -0.4 is 5.73 Å². The maximum absolute atomic E-state index is 13.4. The summed E-state index contributed by atoms with van der Waals surface area (Å²) in [7, 11) is 3.32. The normalized spacial score (nSPS) is 22.2. The first-order valence-corrected chi connectivity index (χ1v) is 13.8. The Labute approximate surface area is 233 Å². The van der Waals surface area contributed by atoms with Crippen LogP contribution in [-0.2, 0) is 15.0 Å². The smallest absolute Gasteiger partial charge is 0.242 e. The number of primary amides is 1. The Kier molecular flexibility index (Phi) is 6.09. The number of imidazole rings is 1. The van der Waals surface area contributed by atoms with Gasteiger partial charge in [0.2, 0.25) is 17.6 Å². The van der Waals surface area contributed by atoms with Crippen molar-refractivity contribution in [3.05, 3.63) is 90.2 Å². The van der Waals surface area contributed by atoms with Crippen LogP contribution in [0, 0.1) is 17.3 Å². The van der Waals surface area contributed by atoms with Crippen molar-refractivity contribution in [2.75, 3.05) is 14.1 Å². The second-order valence-corrected chi connectivity index (χ2v) is 11.4. The molecular formula is C32H34N6O2.